The molecule has 0 unspecified atom stereocenters. The molecule has 2 aliphatic heterocycles. The van der Waals surface area contributed by atoms with Crippen LogP contribution in [0, 0.1) is 5.92 Å². The molecule has 1 N–H and O–H groups in total. The maximum Gasteiger partial charge on any atom is 0.240 e. The molecular formula is C18H24N2O4S. The highest BCUT2D eigenvalue weighted by Crippen LogP contribution is 2.33. The number of sulfonamides is 1. The molecule has 7 heteroatoms. The summed E-state index contributed by atoms with van der Waals surface area (Å²) in [5.74, 6) is 0.414. The van der Waals surface area contributed by atoms with E-state index in [2.05, 4.69) is 4.72 Å². The topological polar surface area (TPSA) is 75.7 Å². The lowest BCUT2D eigenvalue weighted by molar-refractivity contribution is -0.133. The number of ether oxygens (including phenoxy) is 1. The van der Waals surface area contributed by atoms with Crippen LogP contribution in [0.15, 0.2) is 23.1 Å². The largest absolute Gasteiger partial charge is 0.377 e. The normalized spacial score (nSPS) is 23.5. The van der Waals surface area contributed by atoms with Crippen LogP contribution < -0.4 is 4.72 Å². The number of nitrogens with one attached hydrogen (secondary N) is 1. The zero-order valence-electron chi connectivity index (χ0n) is 14.2. The molecule has 0 spiro atoms. The van der Waals surface area contributed by atoms with Crippen LogP contribution >= 0.6 is 0 Å². The van der Waals surface area contributed by atoms with Crippen LogP contribution in [0.1, 0.15) is 36.8 Å². The van der Waals surface area contributed by atoms with Gasteiger partial charge in [0.15, 0.2) is 0 Å². The van der Waals surface area contributed by atoms with Crippen LogP contribution in [-0.2, 0) is 32.5 Å². The maximum atomic E-state index is 12.6. The molecule has 0 bridgehead atoms. The fourth-order valence-corrected chi connectivity index (χ4v) is 4.69. The third-order valence-electron chi connectivity index (χ3n) is 5.26. The molecule has 136 valence electrons. The van der Waals surface area contributed by atoms with Gasteiger partial charge in [-0.15, -0.1) is 0 Å². The van der Waals surface area contributed by atoms with Gasteiger partial charge in [0.25, 0.3) is 0 Å². The molecule has 1 aromatic carbocycles. The minimum Gasteiger partial charge on any atom is -0.377 e. The maximum absolute atomic E-state index is 12.6. The van der Waals surface area contributed by atoms with Crippen molar-refractivity contribution in [3.63, 3.8) is 0 Å². The van der Waals surface area contributed by atoms with Crippen molar-refractivity contribution >= 4 is 15.9 Å². The van der Waals surface area contributed by atoms with Crippen LogP contribution in [0.4, 0.5) is 0 Å². The number of benzene rings is 1. The molecule has 4 rings (SSSR count). The Kier molecular flexibility index (Phi) is 4.56. The summed E-state index contributed by atoms with van der Waals surface area (Å²) in [4.78, 5) is 14.4. The van der Waals surface area contributed by atoms with E-state index in [-0.39, 0.29) is 22.8 Å². The monoisotopic (exact) mass is 364 g/mol. The number of carbonyl (C=O) groups is 1. The average molecular weight is 364 g/mol. The number of nitrogens with zero attached hydrogens (tertiary/aromatic N) is 1. The van der Waals surface area contributed by atoms with Crippen LogP contribution in [0.5, 0.6) is 0 Å². The van der Waals surface area contributed by atoms with Crippen molar-refractivity contribution in [1.29, 1.82) is 0 Å². The van der Waals surface area contributed by atoms with Crippen molar-refractivity contribution in [3.8, 4) is 0 Å². The lowest BCUT2D eigenvalue weighted by Gasteiger charge is -2.29. The summed E-state index contributed by atoms with van der Waals surface area (Å²) in [6.45, 7) is 2.26. The second kappa shape index (κ2) is 6.70. The van der Waals surface area contributed by atoms with Gasteiger partial charge in [-0.3, -0.25) is 4.79 Å². The van der Waals surface area contributed by atoms with Crippen molar-refractivity contribution in [2.24, 2.45) is 5.92 Å². The molecule has 3 aliphatic rings. The summed E-state index contributed by atoms with van der Waals surface area (Å²) in [5.41, 5.74) is 2.08. The van der Waals surface area contributed by atoms with Gasteiger partial charge in [0, 0.05) is 32.2 Å². The first kappa shape index (κ1) is 17.0. The van der Waals surface area contributed by atoms with Crippen molar-refractivity contribution < 1.29 is 17.9 Å². The summed E-state index contributed by atoms with van der Waals surface area (Å²) >= 11 is 0. The minimum atomic E-state index is -3.56. The van der Waals surface area contributed by atoms with E-state index in [0.717, 1.165) is 49.8 Å². The van der Waals surface area contributed by atoms with Gasteiger partial charge in [-0.1, -0.05) is 6.07 Å². The predicted molar refractivity (Wildman–Crippen MR) is 92.4 cm³/mol. The molecule has 1 amide bonds. The second-order valence-electron chi connectivity index (χ2n) is 7.20. The van der Waals surface area contributed by atoms with Crippen LogP contribution in [0.3, 0.4) is 0 Å². The van der Waals surface area contributed by atoms with Crippen LogP contribution in [0.25, 0.3) is 0 Å². The summed E-state index contributed by atoms with van der Waals surface area (Å²) in [7, 11) is -3.56. The van der Waals surface area contributed by atoms with Crippen molar-refractivity contribution in [1.82, 2.24) is 9.62 Å². The Balaban J connectivity index is 1.47. The molecule has 1 atom stereocenters. The number of hydrogen-bond donors (Lipinski definition) is 1. The Morgan fingerprint density at radius 2 is 2.08 bits per heavy atom. The molecule has 25 heavy (non-hydrogen) atoms. The zero-order valence-corrected chi connectivity index (χ0v) is 15.1. The van der Waals surface area contributed by atoms with Crippen molar-refractivity contribution in [2.45, 2.75) is 49.6 Å². The molecule has 1 saturated heterocycles. The van der Waals surface area contributed by atoms with E-state index in [1.54, 1.807) is 12.1 Å². The number of fused-ring (bicyclic) bond motifs is 1. The molecule has 2 heterocycles. The molecule has 1 aliphatic carbocycles. The molecular weight excluding hydrogens is 340 g/mol. The zero-order chi connectivity index (χ0) is 17.4. The fraction of sp³-hybridized carbons (Fsp3) is 0.611. The second-order valence-corrected chi connectivity index (χ2v) is 8.97. The van der Waals surface area contributed by atoms with E-state index in [9.17, 15) is 13.2 Å². The Bertz CT molecular complexity index is 767. The van der Waals surface area contributed by atoms with Gasteiger partial charge in [-0.25, -0.2) is 13.1 Å². The van der Waals surface area contributed by atoms with Gasteiger partial charge in [0.1, 0.15) is 0 Å². The highest BCUT2D eigenvalue weighted by atomic mass is 32.2. The van der Waals surface area contributed by atoms with Gasteiger partial charge in [-0.05, 0) is 55.4 Å². The fourth-order valence-electron chi connectivity index (χ4n) is 3.57. The van der Waals surface area contributed by atoms with E-state index in [4.69, 9.17) is 4.74 Å². The third-order valence-corrected chi connectivity index (χ3v) is 6.68. The van der Waals surface area contributed by atoms with Crippen LogP contribution in [0.2, 0.25) is 0 Å². The molecule has 1 saturated carbocycles. The summed E-state index contributed by atoms with van der Waals surface area (Å²) < 4.78 is 33.2. The first-order chi connectivity index (χ1) is 12.0. The lowest BCUT2D eigenvalue weighted by atomic mass is 9.99. The Hall–Kier alpha value is -1.44. The standard InChI is InChI=1S/C18H24N2O4S/c21-18(14-3-4-14)20-8-7-13-5-6-17(10-15(13)12-20)25(22,23)19-11-16-2-1-9-24-16/h5-6,10,14,16,19H,1-4,7-9,11-12H2/t16-/m0/s1. The van der Waals surface area contributed by atoms with Crippen molar-refractivity contribution in [3.05, 3.63) is 29.3 Å². The minimum absolute atomic E-state index is 0.0287. The molecule has 6 nitrogen and oxygen atoms in total. The first-order valence-corrected chi connectivity index (χ1v) is 10.5. The van der Waals surface area contributed by atoms with Gasteiger partial charge < -0.3 is 9.64 Å². The molecule has 2 fully saturated rings. The third kappa shape index (κ3) is 3.73. The van der Waals surface area contributed by atoms with E-state index < -0.39 is 10.0 Å². The molecule has 0 aromatic heterocycles. The quantitative estimate of drug-likeness (QED) is 0.858. The predicted octanol–water partition coefficient (Wildman–Crippen LogP) is 1.44. The van der Waals surface area contributed by atoms with E-state index in [0.29, 0.717) is 19.7 Å². The van der Waals surface area contributed by atoms with Crippen LogP contribution in [-0.4, -0.2) is 45.0 Å². The number of amides is 1. The van der Waals surface area contributed by atoms with E-state index in [1.165, 1.54) is 0 Å². The van der Waals surface area contributed by atoms with Gasteiger partial charge in [0.2, 0.25) is 15.9 Å². The smallest absolute Gasteiger partial charge is 0.240 e. The number of rotatable bonds is 5. The molecule has 0 radical (unpaired) electrons. The van der Waals surface area contributed by atoms with E-state index in [1.807, 2.05) is 11.0 Å². The highest BCUT2D eigenvalue weighted by molar-refractivity contribution is 7.89. The Labute approximate surface area is 148 Å². The lowest BCUT2D eigenvalue weighted by Crippen LogP contribution is -2.37. The number of hydrogen-bond acceptors (Lipinski definition) is 4. The summed E-state index contributed by atoms with van der Waals surface area (Å²) in [6, 6.07) is 5.27. The summed E-state index contributed by atoms with van der Waals surface area (Å²) in [6.07, 6.45) is 4.62. The Morgan fingerprint density at radius 3 is 2.80 bits per heavy atom. The van der Waals surface area contributed by atoms with Crippen molar-refractivity contribution in [2.75, 3.05) is 19.7 Å². The average Bonchev–Trinajstić information content (AvgIpc) is 3.34. The Morgan fingerprint density at radius 1 is 1.24 bits per heavy atom. The summed E-state index contributed by atoms with van der Waals surface area (Å²) in [5, 5.41) is 0. The first-order valence-electron chi connectivity index (χ1n) is 9.05. The molecule has 1 aromatic rings. The van der Waals surface area contributed by atoms with Gasteiger partial charge in [0.05, 0.1) is 11.0 Å². The van der Waals surface area contributed by atoms with E-state index >= 15 is 0 Å². The SMILES string of the molecule is O=C(C1CC1)N1CCc2ccc(S(=O)(=O)NC[C@@H]3CCCO3)cc2C1. The highest BCUT2D eigenvalue weighted by Gasteiger charge is 2.34. The number of carbonyl (C=O) groups excluding carboxylic acids is 1. The van der Waals surface area contributed by atoms with Gasteiger partial charge in [-0.2, -0.15) is 0 Å². The van der Waals surface area contributed by atoms with Gasteiger partial charge >= 0.3 is 0 Å².